The molecule has 0 bridgehead atoms. The summed E-state index contributed by atoms with van der Waals surface area (Å²) >= 11 is 0. The van der Waals surface area contributed by atoms with Gasteiger partial charge in [-0.15, -0.1) is 0 Å². The Hall–Kier alpha value is -1.16. The number of nitrogens with one attached hydrogen (secondary N) is 1. The van der Waals surface area contributed by atoms with Crippen molar-refractivity contribution in [2.24, 2.45) is 11.8 Å². The van der Waals surface area contributed by atoms with Crippen LogP contribution in [0.4, 0.5) is 14.5 Å². The molecule has 0 aromatic heterocycles. The Kier molecular flexibility index (Phi) is 4.97. The van der Waals surface area contributed by atoms with Gasteiger partial charge in [-0.3, -0.25) is 0 Å². The number of hydrogen-bond donors (Lipinski definition) is 1. The third-order valence-corrected chi connectivity index (χ3v) is 5.10. The van der Waals surface area contributed by atoms with Gasteiger partial charge in [-0.05, 0) is 49.8 Å². The number of halogens is 2. The molecule has 1 aromatic rings. The maximum atomic E-state index is 14.0. The molecule has 0 radical (unpaired) electrons. The van der Waals surface area contributed by atoms with Crippen molar-refractivity contribution in [3.63, 3.8) is 0 Å². The van der Waals surface area contributed by atoms with Crippen LogP contribution in [0.1, 0.15) is 39.0 Å². The molecule has 4 heteroatoms. The third kappa shape index (κ3) is 3.60. The lowest BCUT2D eigenvalue weighted by Gasteiger charge is -2.39. The third-order valence-electron chi connectivity index (χ3n) is 5.10. The average molecular weight is 308 g/mol. The van der Waals surface area contributed by atoms with Gasteiger partial charge in [0.15, 0.2) is 11.6 Å². The van der Waals surface area contributed by atoms with Crippen LogP contribution in [0.2, 0.25) is 0 Å². The van der Waals surface area contributed by atoms with E-state index in [1.807, 2.05) is 4.90 Å². The van der Waals surface area contributed by atoms with E-state index >= 15 is 0 Å². The molecular weight excluding hydrogens is 282 g/mol. The minimum Gasteiger partial charge on any atom is -0.367 e. The minimum atomic E-state index is -0.758. The van der Waals surface area contributed by atoms with Gasteiger partial charge in [0.05, 0.1) is 5.69 Å². The molecule has 2 aliphatic rings. The average Bonchev–Trinajstić information content (AvgIpc) is 3.01. The molecule has 22 heavy (non-hydrogen) atoms. The molecule has 1 saturated heterocycles. The molecule has 122 valence electrons. The monoisotopic (exact) mass is 308 g/mol. The summed E-state index contributed by atoms with van der Waals surface area (Å²) in [6.45, 7) is 4.81. The van der Waals surface area contributed by atoms with E-state index in [2.05, 4.69) is 12.2 Å². The van der Waals surface area contributed by atoms with Gasteiger partial charge in [-0.2, -0.15) is 0 Å². The lowest BCUT2D eigenvalue weighted by atomic mass is 9.94. The summed E-state index contributed by atoms with van der Waals surface area (Å²) < 4.78 is 27.5. The Morgan fingerprint density at radius 1 is 1.18 bits per heavy atom. The molecule has 3 rings (SSSR count). The van der Waals surface area contributed by atoms with Crippen molar-refractivity contribution in [3.8, 4) is 0 Å². The van der Waals surface area contributed by atoms with Crippen LogP contribution < -0.4 is 10.2 Å². The van der Waals surface area contributed by atoms with Gasteiger partial charge in [0.1, 0.15) is 0 Å². The van der Waals surface area contributed by atoms with Crippen molar-refractivity contribution in [1.29, 1.82) is 0 Å². The van der Waals surface area contributed by atoms with E-state index in [-0.39, 0.29) is 0 Å². The first kappa shape index (κ1) is 15.7. The predicted molar refractivity (Wildman–Crippen MR) is 86.1 cm³/mol. The number of hydrogen-bond acceptors (Lipinski definition) is 2. The fourth-order valence-electron chi connectivity index (χ4n) is 3.98. The summed E-state index contributed by atoms with van der Waals surface area (Å²) in [6.07, 6.45) is 6.48. The first-order valence-corrected chi connectivity index (χ1v) is 8.56. The molecule has 0 amide bonds. The number of nitrogens with zero attached hydrogens (tertiary/aromatic N) is 1. The van der Waals surface area contributed by atoms with Crippen molar-refractivity contribution in [1.82, 2.24) is 5.32 Å². The van der Waals surface area contributed by atoms with Crippen molar-refractivity contribution < 1.29 is 8.78 Å². The Morgan fingerprint density at radius 2 is 1.95 bits per heavy atom. The molecule has 1 aromatic carbocycles. The summed E-state index contributed by atoms with van der Waals surface area (Å²) in [7, 11) is 0. The Balaban J connectivity index is 1.63. The van der Waals surface area contributed by atoms with Gasteiger partial charge >= 0.3 is 0 Å². The smallest absolute Gasteiger partial charge is 0.182 e. The first-order valence-electron chi connectivity index (χ1n) is 8.56. The molecule has 1 heterocycles. The Bertz CT molecular complexity index is 500. The highest BCUT2D eigenvalue weighted by Gasteiger charge is 2.27. The molecule has 1 aliphatic carbocycles. The maximum absolute atomic E-state index is 14.0. The molecule has 2 nitrogen and oxygen atoms in total. The highest BCUT2D eigenvalue weighted by molar-refractivity contribution is 5.48. The summed E-state index contributed by atoms with van der Waals surface area (Å²) in [6, 6.07) is 4.83. The predicted octanol–water partition coefficient (Wildman–Crippen LogP) is 3.96. The van der Waals surface area contributed by atoms with Gasteiger partial charge in [0, 0.05) is 19.1 Å². The zero-order valence-electron chi connectivity index (χ0n) is 13.3. The summed E-state index contributed by atoms with van der Waals surface area (Å²) in [5.74, 6) is -0.189. The van der Waals surface area contributed by atoms with Crippen molar-refractivity contribution >= 4 is 5.69 Å². The molecular formula is C18H26F2N2. The van der Waals surface area contributed by atoms with Gasteiger partial charge in [0.25, 0.3) is 0 Å². The van der Waals surface area contributed by atoms with Gasteiger partial charge < -0.3 is 10.2 Å². The molecule has 2 unspecified atom stereocenters. The van der Waals surface area contributed by atoms with Crippen molar-refractivity contribution in [2.45, 2.75) is 45.1 Å². The molecule has 1 aliphatic heterocycles. The highest BCUT2D eigenvalue weighted by atomic mass is 19.2. The quantitative estimate of drug-likeness (QED) is 0.906. The molecule has 2 fully saturated rings. The van der Waals surface area contributed by atoms with Crippen LogP contribution in [0.5, 0.6) is 0 Å². The van der Waals surface area contributed by atoms with E-state index in [0.717, 1.165) is 32.0 Å². The van der Waals surface area contributed by atoms with Crippen LogP contribution in [-0.2, 0) is 0 Å². The fraction of sp³-hybridized carbons (Fsp3) is 0.667. The van der Waals surface area contributed by atoms with E-state index in [1.54, 1.807) is 12.1 Å². The molecule has 0 spiro atoms. The first-order chi connectivity index (χ1) is 10.6. The second kappa shape index (κ2) is 6.95. The number of benzene rings is 1. The lowest BCUT2D eigenvalue weighted by Crippen LogP contribution is -2.50. The minimum absolute atomic E-state index is 0.368. The summed E-state index contributed by atoms with van der Waals surface area (Å²) in [5.41, 5.74) is 0.402. The molecule has 1 saturated carbocycles. The van der Waals surface area contributed by atoms with Crippen LogP contribution >= 0.6 is 0 Å². The zero-order valence-corrected chi connectivity index (χ0v) is 13.3. The molecule has 2 atom stereocenters. The number of piperidine rings is 1. The van der Waals surface area contributed by atoms with Crippen LogP contribution in [-0.4, -0.2) is 25.7 Å². The summed E-state index contributed by atoms with van der Waals surface area (Å²) in [5, 5.41) is 3.67. The topological polar surface area (TPSA) is 15.3 Å². The van der Waals surface area contributed by atoms with E-state index in [1.165, 1.54) is 31.7 Å². The largest absolute Gasteiger partial charge is 0.367 e. The van der Waals surface area contributed by atoms with Crippen LogP contribution in [0, 0.1) is 23.5 Å². The van der Waals surface area contributed by atoms with Crippen LogP contribution in [0.25, 0.3) is 0 Å². The zero-order chi connectivity index (χ0) is 15.5. The second-order valence-electron chi connectivity index (χ2n) is 7.07. The van der Waals surface area contributed by atoms with E-state index in [4.69, 9.17) is 0 Å². The van der Waals surface area contributed by atoms with Crippen LogP contribution in [0.3, 0.4) is 0 Å². The lowest BCUT2D eigenvalue weighted by molar-refractivity contribution is 0.330. The van der Waals surface area contributed by atoms with Gasteiger partial charge in [-0.25, -0.2) is 8.78 Å². The summed E-state index contributed by atoms with van der Waals surface area (Å²) in [4.78, 5) is 2.00. The highest BCUT2D eigenvalue weighted by Crippen LogP contribution is 2.28. The fourth-order valence-corrected chi connectivity index (χ4v) is 3.98. The van der Waals surface area contributed by atoms with Gasteiger partial charge in [-0.1, -0.05) is 25.8 Å². The van der Waals surface area contributed by atoms with E-state index in [0.29, 0.717) is 17.6 Å². The second-order valence-corrected chi connectivity index (χ2v) is 7.07. The normalized spacial score (nSPS) is 26.6. The number of rotatable bonds is 4. The van der Waals surface area contributed by atoms with Gasteiger partial charge in [0.2, 0.25) is 0 Å². The van der Waals surface area contributed by atoms with Crippen LogP contribution in [0.15, 0.2) is 18.2 Å². The Labute approximate surface area is 131 Å². The number of anilines is 1. The molecule has 1 N–H and O–H groups in total. The standard InChI is InChI=1S/C18H26F2N2/c1-13-9-15(21-10-14-5-2-3-6-14)12-22(11-13)17-8-4-7-16(19)18(17)20/h4,7-8,13-15,21H,2-3,5-6,9-12H2,1H3. The van der Waals surface area contributed by atoms with E-state index in [9.17, 15) is 8.78 Å². The maximum Gasteiger partial charge on any atom is 0.182 e. The van der Waals surface area contributed by atoms with E-state index < -0.39 is 11.6 Å². The SMILES string of the molecule is CC1CC(NCC2CCCC2)CN(c2cccc(F)c2F)C1. The van der Waals surface area contributed by atoms with Crippen molar-refractivity contribution in [3.05, 3.63) is 29.8 Å². The Morgan fingerprint density at radius 3 is 2.73 bits per heavy atom. The van der Waals surface area contributed by atoms with Crippen molar-refractivity contribution in [2.75, 3.05) is 24.5 Å².